The molecule has 0 bridgehead atoms. The van der Waals surface area contributed by atoms with E-state index in [1.54, 1.807) is 0 Å². The van der Waals surface area contributed by atoms with Gasteiger partial charge in [0.15, 0.2) is 0 Å². The molecular weight excluding hydrogens is 322 g/mol. The van der Waals surface area contributed by atoms with Gasteiger partial charge in [-0.05, 0) is 56.2 Å². The fourth-order valence-corrected chi connectivity index (χ4v) is 3.98. The molecule has 4 rings (SSSR count). The number of carbonyl (C=O) groups is 1. The van der Waals surface area contributed by atoms with Gasteiger partial charge in [0.25, 0.3) is 5.91 Å². The van der Waals surface area contributed by atoms with Gasteiger partial charge in [0, 0.05) is 56.2 Å². The smallest absolute Gasteiger partial charge is 0.253 e. The Morgan fingerprint density at radius 2 is 1.35 bits per heavy atom. The highest BCUT2D eigenvalue weighted by molar-refractivity contribution is 5.94. The summed E-state index contributed by atoms with van der Waals surface area (Å²) in [5.74, 6) is 0.151. The van der Waals surface area contributed by atoms with Crippen LogP contribution in [-0.2, 0) is 0 Å². The first-order chi connectivity index (χ1) is 12.7. The number of piperazine rings is 1. The molecule has 2 aromatic carbocycles. The van der Waals surface area contributed by atoms with Crippen LogP contribution in [0.4, 0.5) is 11.4 Å². The van der Waals surface area contributed by atoms with Crippen molar-refractivity contribution in [3.05, 3.63) is 59.7 Å². The third-order valence-electron chi connectivity index (χ3n) is 5.52. The van der Waals surface area contributed by atoms with Gasteiger partial charge < -0.3 is 14.7 Å². The second-order valence-electron chi connectivity index (χ2n) is 7.36. The summed E-state index contributed by atoms with van der Waals surface area (Å²) in [5.41, 5.74) is 4.52. The summed E-state index contributed by atoms with van der Waals surface area (Å²) >= 11 is 0. The summed E-state index contributed by atoms with van der Waals surface area (Å²) in [6.07, 6.45) is 2.61. The van der Waals surface area contributed by atoms with E-state index in [1.165, 1.54) is 37.3 Å². The zero-order chi connectivity index (χ0) is 17.9. The second kappa shape index (κ2) is 7.40. The van der Waals surface area contributed by atoms with E-state index in [1.807, 2.05) is 36.1 Å². The van der Waals surface area contributed by atoms with E-state index in [-0.39, 0.29) is 5.91 Å². The van der Waals surface area contributed by atoms with Gasteiger partial charge in [-0.15, -0.1) is 0 Å². The van der Waals surface area contributed by atoms with Gasteiger partial charge >= 0.3 is 0 Å². The molecule has 2 aliphatic heterocycles. The molecule has 0 aromatic heterocycles. The van der Waals surface area contributed by atoms with E-state index in [0.29, 0.717) is 0 Å². The van der Waals surface area contributed by atoms with Crippen molar-refractivity contribution in [3.8, 4) is 0 Å². The van der Waals surface area contributed by atoms with Crippen molar-refractivity contribution in [2.45, 2.75) is 19.8 Å². The Hall–Kier alpha value is -2.49. The molecule has 4 nitrogen and oxygen atoms in total. The van der Waals surface area contributed by atoms with E-state index in [4.69, 9.17) is 0 Å². The average Bonchev–Trinajstić information content (AvgIpc) is 3.23. The van der Waals surface area contributed by atoms with Gasteiger partial charge in [0.1, 0.15) is 0 Å². The van der Waals surface area contributed by atoms with Crippen LogP contribution >= 0.6 is 0 Å². The van der Waals surface area contributed by atoms with E-state index >= 15 is 0 Å². The number of carbonyl (C=O) groups excluding carboxylic acids is 1. The van der Waals surface area contributed by atoms with Crippen molar-refractivity contribution in [1.29, 1.82) is 0 Å². The number of hydrogen-bond donors (Lipinski definition) is 0. The molecule has 0 atom stereocenters. The van der Waals surface area contributed by atoms with Gasteiger partial charge in [-0.1, -0.05) is 17.7 Å². The highest BCUT2D eigenvalue weighted by Gasteiger charge is 2.22. The molecule has 2 aliphatic rings. The highest BCUT2D eigenvalue weighted by Crippen LogP contribution is 2.24. The second-order valence-corrected chi connectivity index (χ2v) is 7.36. The Kier molecular flexibility index (Phi) is 4.83. The van der Waals surface area contributed by atoms with Crippen LogP contribution in [0.5, 0.6) is 0 Å². The maximum absolute atomic E-state index is 12.7. The first-order valence-corrected chi connectivity index (χ1v) is 9.67. The van der Waals surface area contributed by atoms with E-state index in [2.05, 4.69) is 34.1 Å². The van der Waals surface area contributed by atoms with Crippen LogP contribution in [0.1, 0.15) is 28.8 Å². The van der Waals surface area contributed by atoms with Crippen LogP contribution in [0.25, 0.3) is 0 Å². The van der Waals surface area contributed by atoms with Crippen LogP contribution in [0.15, 0.2) is 48.5 Å². The number of aryl methyl sites for hydroxylation is 1. The molecular formula is C22H27N3O. The fraction of sp³-hybridized carbons (Fsp3) is 0.409. The largest absolute Gasteiger partial charge is 0.372 e. The summed E-state index contributed by atoms with van der Waals surface area (Å²) in [5, 5.41) is 0. The SMILES string of the molecule is Cc1cccc(C(=O)N2CCN(c3ccc(N4CCCC4)cc3)CC2)c1. The van der Waals surface area contributed by atoms with Gasteiger partial charge in [-0.2, -0.15) is 0 Å². The third kappa shape index (κ3) is 3.55. The zero-order valence-electron chi connectivity index (χ0n) is 15.5. The first kappa shape index (κ1) is 17.0. The number of benzene rings is 2. The quantitative estimate of drug-likeness (QED) is 0.848. The number of anilines is 2. The van der Waals surface area contributed by atoms with Crippen LogP contribution in [-0.4, -0.2) is 50.1 Å². The topological polar surface area (TPSA) is 26.8 Å². The lowest BCUT2D eigenvalue weighted by atomic mass is 10.1. The number of hydrogen-bond acceptors (Lipinski definition) is 3. The Morgan fingerprint density at radius 3 is 1.92 bits per heavy atom. The summed E-state index contributed by atoms with van der Waals surface area (Å²) in [6.45, 7) is 7.72. The summed E-state index contributed by atoms with van der Waals surface area (Å²) < 4.78 is 0. The fourth-order valence-electron chi connectivity index (χ4n) is 3.98. The Morgan fingerprint density at radius 1 is 0.769 bits per heavy atom. The van der Waals surface area contributed by atoms with E-state index in [9.17, 15) is 4.79 Å². The molecule has 2 heterocycles. The average molecular weight is 349 g/mol. The number of nitrogens with zero attached hydrogens (tertiary/aromatic N) is 3. The summed E-state index contributed by atoms with van der Waals surface area (Å²) in [6, 6.07) is 16.8. The summed E-state index contributed by atoms with van der Waals surface area (Å²) in [7, 11) is 0. The molecule has 2 saturated heterocycles. The maximum atomic E-state index is 12.7. The van der Waals surface area contributed by atoms with Crippen molar-refractivity contribution >= 4 is 17.3 Å². The minimum atomic E-state index is 0.151. The molecule has 1 amide bonds. The Bertz CT molecular complexity index is 757. The first-order valence-electron chi connectivity index (χ1n) is 9.67. The lowest BCUT2D eigenvalue weighted by Gasteiger charge is -2.36. The van der Waals surface area contributed by atoms with Crippen molar-refractivity contribution in [2.75, 3.05) is 49.1 Å². The number of amides is 1. The molecule has 0 radical (unpaired) electrons. The minimum Gasteiger partial charge on any atom is -0.372 e. The molecule has 2 aromatic rings. The molecule has 0 spiro atoms. The standard InChI is InChI=1S/C22H27N3O/c1-18-5-4-6-19(17-18)22(26)25-15-13-24(14-16-25)21-9-7-20(8-10-21)23-11-2-3-12-23/h4-10,17H,2-3,11-16H2,1H3. The zero-order valence-corrected chi connectivity index (χ0v) is 15.5. The highest BCUT2D eigenvalue weighted by atomic mass is 16.2. The van der Waals surface area contributed by atoms with E-state index in [0.717, 1.165) is 37.3 Å². The molecule has 26 heavy (non-hydrogen) atoms. The monoisotopic (exact) mass is 349 g/mol. The van der Waals surface area contributed by atoms with Gasteiger partial charge in [0.05, 0.1) is 0 Å². The van der Waals surface area contributed by atoms with E-state index < -0.39 is 0 Å². The Labute approximate surface area is 156 Å². The molecule has 2 fully saturated rings. The molecule has 0 aliphatic carbocycles. The van der Waals surface area contributed by atoms with Gasteiger partial charge in [0.2, 0.25) is 0 Å². The van der Waals surface area contributed by atoms with Crippen LogP contribution < -0.4 is 9.80 Å². The lowest BCUT2D eigenvalue weighted by molar-refractivity contribution is 0.0746. The lowest BCUT2D eigenvalue weighted by Crippen LogP contribution is -2.48. The van der Waals surface area contributed by atoms with Gasteiger partial charge in [-0.25, -0.2) is 0 Å². The normalized spacial score (nSPS) is 17.7. The molecule has 0 saturated carbocycles. The van der Waals surface area contributed by atoms with Crippen molar-refractivity contribution < 1.29 is 4.79 Å². The van der Waals surface area contributed by atoms with Gasteiger partial charge in [-0.3, -0.25) is 4.79 Å². The predicted octanol–water partition coefficient (Wildman–Crippen LogP) is 3.56. The molecule has 0 N–H and O–H groups in total. The minimum absolute atomic E-state index is 0.151. The van der Waals surface area contributed by atoms with Crippen LogP contribution in [0, 0.1) is 6.92 Å². The molecule has 0 unspecified atom stereocenters. The molecule has 4 heteroatoms. The van der Waals surface area contributed by atoms with Crippen LogP contribution in [0.3, 0.4) is 0 Å². The van der Waals surface area contributed by atoms with Crippen molar-refractivity contribution in [1.82, 2.24) is 4.90 Å². The third-order valence-corrected chi connectivity index (χ3v) is 5.52. The maximum Gasteiger partial charge on any atom is 0.253 e. The summed E-state index contributed by atoms with van der Waals surface area (Å²) in [4.78, 5) is 19.5. The van der Waals surface area contributed by atoms with Crippen molar-refractivity contribution in [3.63, 3.8) is 0 Å². The molecule has 136 valence electrons. The number of rotatable bonds is 3. The van der Waals surface area contributed by atoms with Crippen LogP contribution in [0.2, 0.25) is 0 Å². The van der Waals surface area contributed by atoms with Crippen molar-refractivity contribution in [2.24, 2.45) is 0 Å². The predicted molar refractivity (Wildman–Crippen MR) is 107 cm³/mol. The Balaban J connectivity index is 1.36.